The first-order valence-electron chi connectivity index (χ1n) is 13.9. The van der Waals surface area contributed by atoms with Gasteiger partial charge in [0.1, 0.15) is 0 Å². The fraction of sp³-hybridized carbons (Fsp3) is 0.800. The lowest BCUT2D eigenvalue weighted by molar-refractivity contribution is -0.0365. The summed E-state index contributed by atoms with van der Waals surface area (Å²) in [5.74, 6) is 1.13. The zero-order valence-corrected chi connectivity index (χ0v) is 22.2. The summed E-state index contributed by atoms with van der Waals surface area (Å²) < 4.78 is 6.36. The molecule has 0 amide bonds. The standard InChI is InChI=1S/C30H50O4/c1-6-30(33,7-2)16-9-17-34-22(4)27-13-14-28-23(10-8-15-29(27,28)5)11-12-24-18-26(32)19-25(20-31)21(24)3/h11-12,22,25-28,31-33H,3,6-10,13-20H2,1-2,4-5H3/b23-11+,24-12-/t22-,25+,26?,27-,28+,29-/m1/s1. The molecule has 3 N–H and O–H groups in total. The molecule has 4 heteroatoms. The molecular formula is C30H50O4. The molecule has 3 aliphatic carbocycles. The Morgan fingerprint density at radius 3 is 2.65 bits per heavy atom. The molecule has 0 aromatic heterocycles. The average Bonchev–Trinajstić information content (AvgIpc) is 3.19. The van der Waals surface area contributed by atoms with E-state index in [1.165, 1.54) is 25.7 Å². The third-order valence-electron chi connectivity index (χ3n) is 9.72. The molecule has 6 atom stereocenters. The lowest BCUT2D eigenvalue weighted by atomic mass is 9.62. The van der Waals surface area contributed by atoms with Crippen LogP contribution in [-0.4, -0.2) is 46.3 Å². The largest absolute Gasteiger partial charge is 0.396 e. The van der Waals surface area contributed by atoms with Crippen molar-refractivity contribution in [3.05, 3.63) is 35.5 Å². The van der Waals surface area contributed by atoms with E-state index in [9.17, 15) is 15.3 Å². The maximum absolute atomic E-state index is 10.5. The van der Waals surface area contributed by atoms with Gasteiger partial charge in [0, 0.05) is 12.5 Å². The molecule has 3 fully saturated rings. The van der Waals surface area contributed by atoms with Crippen LogP contribution in [-0.2, 0) is 4.74 Å². The zero-order chi connectivity index (χ0) is 24.9. The molecule has 0 aromatic carbocycles. The van der Waals surface area contributed by atoms with Gasteiger partial charge in [-0.1, -0.05) is 45.1 Å². The average molecular weight is 475 g/mol. The minimum Gasteiger partial charge on any atom is -0.396 e. The summed E-state index contributed by atoms with van der Waals surface area (Å²) in [7, 11) is 0. The summed E-state index contributed by atoms with van der Waals surface area (Å²) in [5, 5.41) is 30.4. The first kappa shape index (κ1) is 27.6. The molecule has 1 unspecified atom stereocenters. The Morgan fingerprint density at radius 1 is 1.24 bits per heavy atom. The second-order valence-electron chi connectivity index (χ2n) is 11.6. The van der Waals surface area contributed by atoms with Crippen molar-refractivity contribution < 1.29 is 20.1 Å². The van der Waals surface area contributed by atoms with Crippen LogP contribution in [0.3, 0.4) is 0 Å². The summed E-state index contributed by atoms with van der Waals surface area (Å²) in [6, 6.07) is 0. The minimum absolute atomic E-state index is 0.0236. The van der Waals surface area contributed by atoms with Crippen LogP contribution in [0.2, 0.25) is 0 Å². The van der Waals surface area contributed by atoms with Crippen LogP contribution in [0.5, 0.6) is 0 Å². The summed E-state index contributed by atoms with van der Waals surface area (Å²) in [4.78, 5) is 0. The lowest BCUT2D eigenvalue weighted by Gasteiger charge is -2.44. The van der Waals surface area contributed by atoms with Crippen molar-refractivity contribution in [1.82, 2.24) is 0 Å². The highest BCUT2D eigenvalue weighted by molar-refractivity contribution is 5.38. The molecule has 0 saturated heterocycles. The SMILES string of the molecule is C=C1/C(=C\C=C2/CCC[C@]3(C)[C@@H]([C@@H](C)OCCCC(O)(CC)CC)CC[C@@H]23)CC(O)C[C@H]1CO. The van der Waals surface area contributed by atoms with Crippen molar-refractivity contribution in [1.29, 1.82) is 0 Å². The maximum atomic E-state index is 10.5. The quantitative estimate of drug-likeness (QED) is 0.334. The van der Waals surface area contributed by atoms with Crippen molar-refractivity contribution in [3.63, 3.8) is 0 Å². The van der Waals surface area contributed by atoms with Crippen LogP contribution in [0, 0.1) is 23.2 Å². The molecule has 0 heterocycles. The lowest BCUT2D eigenvalue weighted by Crippen LogP contribution is -2.39. The number of aliphatic hydroxyl groups excluding tert-OH is 2. The van der Waals surface area contributed by atoms with Gasteiger partial charge in [-0.05, 0) is 106 Å². The van der Waals surface area contributed by atoms with E-state index in [-0.39, 0.29) is 30.1 Å². The molecule has 34 heavy (non-hydrogen) atoms. The monoisotopic (exact) mass is 474 g/mol. The van der Waals surface area contributed by atoms with Gasteiger partial charge in [0.25, 0.3) is 0 Å². The van der Waals surface area contributed by atoms with E-state index in [0.29, 0.717) is 24.7 Å². The minimum atomic E-state index is -0.536. The van der Waals surface area contributed by atoms with Crippen LogP contribution >= 0.6 is 0 Å². The molecule has 0 radical (unpaired) electrons. The van der Waals surface area contributed by atoms with Gasteiger partial charge < -0.3 is 20.1 Å². The van der Waals surface area contributed by atoms with Crippen LogP contribution in [0.1, 0.15) is 98.3 Å². The van der Waals surface area contributed by atoms with Crippen LogP contribution in [0.15, 0.2) is 35.5 Å². The summed E-state index contributed by atoms with van der Waals surface area (Å²) in [5.41, 5.74) is 3.37. The van der Waals surface area contributed by atoms with Crippen LogP contribution in [0.4, 0.5) is 0 Å². The van der Waals surface area contributed by atoms with Crippen molar-refractivity contribution in [2.24, 2.45) is 23.2 Å². The Kier molecular flexibility index (Phi) is 9.65. The molecule has 0 aromatic rings. The van der Waals surface area contributed by atoms with Gasteiger partial charge in [0.05, 0.1) is 24.4 Å². The Hall–Kier alpha value is -0.940. The fourth-order valence-electron chi connectivity index (χ4n) is 7.21. The number of allylic oxidation sites excluding steroid dienone is 3. The smallest absolute Gasteiger partial charge is 0.0643 e. The Labute approximate surface area is 208 Å². The van der Waals surface area contributed by atoms with E-state index < -0.39 is 5.60 Å². The molecule has 3 saturated carbocycles. The van der Waals surface area contributed by atoms with Crippen molar-refractivity contribution in [2.75, 3.05) is 13.2 Å². The fourth-order valence-corrected chi connectivity index (χ4v) is 7.21. The number of rotatable bonds is 10. The third-order valence-corrected chi connectivity index (χ3v) is 9.72. The number of aliphatic hydroxyl groups is 3. The highest BCUT2D eigenvalue weighted by Gasteiger charge is 2.51. The van der Waals surface area contributed by atoms with E-state index in [2.05, 4.69) is 46.4 Å². The van der Waals surface area contributed by atoms with E-state index in [4.69, 9.17) is 4.74 Å². The number of hydrogen-bond donors (Lipinski definition) is 3. The number of fused-ring (bicyclic) bond motifs is 1. The molecule has 0 spiro atoms. The first-order chi connectivity index (χ1) is 16.2. The molecule has 3 aliphatic rings. The van der Waals surface area contributed by atoms with Gasteiger partial charge in [-0.25, -0.2) is 0 Å². The van der Waals surface area contributed by atoms with Crippen molar-refractivity contribution >= 4 is 0 Å². The first-order valence-corrected chi connectivity index (χ1v) is 13.9. The molecule has 0 bridgehead atoms. The van der Waals surface area contributed by atoms with Crippen molar-refractivity contribution in [2.45, 2.75) is 116 Å². The van der Waals surface area contributed by atoms with Gasteiger partial charge in [-0.3, -0.25) is 0 Å². The predicted molar refractivity (Wildman–Crippen MR) is 139 cm³/mol. The second kappa shape index (κ2) is 11.9. The molecule has 0 aliphatic heterocycles. The van der Waals surface area contributed by atoms with E-state index in [1.54, 1.807) is 5.57 Å². The summed E-state index contributed by atoms with van der Waals surface area (Å²) in [6.45, 7) is 13.9. The van der Waals surface area contributed by atoms with Crippen molar-refractivity contribution in [3.8, 4) is 0 Å². The van der Waals surface area contributed by atoms with Crippen LogP contribution < -0.4 is 0 Å². The number of ether oxygens (including phenoxy) is 1. The Morgan fingerprint density at radius 2 is 1.97 bits per heavy atom. The molecule has 4 nitrogen and oxygen atoms in total. The topological polar surface area (TPSA) is 69.9 Å². The van der Waals surface area contributed by atoms with Gasteiger partial charge in [-0.2, -0.15) is 0 Å². The Balaban J connectivity index is 1.63. The number of hydrogen-bond acceptors (Lipinski definition) is 4. The third kappa shape index (κ3) is 6.06. The predicted octanol–water partition coefficient (Wildman–Crippen LogP) is 6.11. The Bertz CT molecular complexity index is 749. The van der Waals surface area contributed by atoms with Gasteiger partial charge in [-0.15, -0.1) is 0 Å². The second-order valence-corrected chi connectivity index (χ2v) is 11.6. The summed E-state index contributed by atoms with van der Waals surface area (Å²) in [6.07, 6.45) is 15.0. The van der Waals surface area contributed by atoms with E-state index in [0.717, 1.165) is 49.9 Å². The normalized spacial score (nSPS) is 35.7. The van der Waals surface area contributed by atoms with Gasteiger partial charge in [0.2, 0.25) is 0 Å². The van der Waals surface area contributed by atoms with Crippen LogP contribution in [0.25, 0.3) is 0 Å². The molecule has 194 valence electrons. The summed E-state index contributed by atoms with van der Waals surface area (Å²) >= 11 is 0. The van der Waals surface area contributed by atoms with Gasteiger partial charge in [0.15, 0.2) is 0 Å². The molecule has 3 rings (SSSR count). The molecular weight excluding hydrogens is 424 g/mol. The maximum Gasteiger partial charge on any atom is 0.0643 e. The van der Waals surface area contributed by atoms with Gasteiger partial charge >= 0.3 is 0 Å². The zero-order valence-electron chi connectivity index (χ0n) is 22.2. The van der Waals surface area contributed by atoms with E-state index in [1.807, 2.05) is 0 Å². The highest BCUT2D eigenvalue weighted by atomic mass is 16.5. The van der Waals surface area contributed by atoms with E-state index >= 15 is 0 Å². The highest BCUT2D eigenvalue weighted by Crippen LogP contribution is 2.58.